The Bertz CT molecular complexity index is 1260. The van der Waals surface area contributed by atoms with Gasteiger partial charge in [0.05, 0.1) is 26.5 Å². The van der Waals surface area contributed by atoms with Crippen LogP contribution in [0, 0.1) is 13.8 Å². The maximum Gasteiger partial charge on any atom is 0.248 e. The lowest BCUT2D eigenvalue weighted by molar-refractivity contribution is -0.138. The SMILES string of the molecule is COCC(=O)N1CCN(Cc2ccc(OC)c(OCCCn3cc(C)cn3)c2)CC(O)(COc2ccc(C)cc2)C1. The number of benzene rings is 2. The molecule has 0 spiro atoms. The Morgan fingerprint density at radius 2 is 1.80 bits per heavy atom. The molecule has 1 fully saturated rings. The first-order valence-corrected chi connectivity index (χ1v) is 14.0. The van der Waals surface area contributed by atoms with Gasteiger partial charge in [0.15, 0.2) is 11.5 Å². The van der Waals surface area contributed by atoms with Crippen molar-refractivity contribution in [1.29, 1.82) is 0 Å². The Labute approximate surface area is 242 Å². The number of methoxy groups -OCH3 is 2. The Kier molecular flexibility index (Phi) is 10.6. The lowest BCUT2D eigenvalue weighted by Gasteiger charge is -2.33. The van der Waals surface area contributed by atoms with Crippen molar-refractivity contribution in [2.24, 2.45) is 0 Å². The summed E-state index contributed by atoms with van der Waals surface area (Å²) in [6, 6.07) is 13.6. The number of rotatable bonds is 13. The highest BCUT2D eigenvalue weighted by Gasteiger charge is 2.37. The molecule has 222 valence electrons. The fourth-order valence-corrected chi connectivity index (χ4v) is 4.94. The van der Waals surface area contributed by atoms with Gasteiger partial charge in [0.1, 0.15) is 24.6 Å². The number of ether oxygens (including phenoxy) is 4. The molecule has 10 heteroatoms. The van der Waals surface area contributed by atoms with Crippen LogP contribution in [0.3, 0.4) is 0 Å². The van der Waals surface area contributed by atoms with Crippen LogP contribution in [0.5, 0.6) is 17.2 Å². The number of carbonyl (C=O) groups excluding carboxylic acids is 1. The fraction of sp³-hybridized carbons (Fsp3) is 0.484. The second-order valence-electron chi connectivity index (χ2n) is 10.8. The van der Waals surface area contributed by atoms with Gasteiger partial charge in [-0.05, 0) is 49.2 Å². The molecule has 2 heterocycles. The summed E-state index contributed by atoms with van der Waals surface area (Å²) < 4.78 is 24.6. The van der Waals surface area contributed by atoms with Crippen molar-refractivity contribution < 1.29 is 28.8 Å². The van der Waals surface area contributed by atoms with Crippen LogP contribution in [0.2, 0.25) is 0 Å². The van der Waals surface area contributed by atoms with Crippen LogP contribution in [0.1, 0.15) is 23.1 Å². The van der Waals surface area contributed by atoms with Gasteiger partial charge in [-0.1, -0.05) is 23.8 Å². The maximum atomic E-state index is 12.7. The summed E-state index contributed by atoms with van der Waals surface area (Å²) in [7, 11) is 3.12. The van der Waals surface area contributed by atoms with Crippen LogP contribution in [-0.4, -0.2) is 96.4 Å². The number of aryl methyl sites for hydroxylation is 3. The van der Waals surface area contributed by atoms with Crippen LogP contribution in [-0.2, 0) is 22.6 Å². The third-order valence-electron chi connectivity index (χ3n) is 7.02. The minimum atomic E-state index is -1.28. The van der Waals surface area contributed by atoms with E-state index < -0.39 is 5.60 Å². The summed E-state index contributed by atoms with van der Waals surface area (Å²) in [4.78, 5) is 16.5. The predicted molar refractivity (Wildman–Crippen MR) is 155 cm³/mol. The van der Waals surface area contributed by atoms with Crippen molar-refractivity contribution in [3.8, 4) is 17.2 Å². The molecule has 1 amide bonds. The number of hydrogen-bond acceptors (Lipinski definition) is 8. The zero-order valence-corrected chi connectivity index (χ0v) is 24.5. The molecule has 0 radical (unpaired) electrons. The van der Waals surface area contributed by atoms with Crippen LogP contribution in [0.25, 0.3) is 0 Å². The maximum absolute atomic E-state index is 12.7. The Morgan fingerprint density at radius 1 is 1.00 bits per heavy atom. The first-order chi connectivity index (χ1) is 19.8. The van der Waals surface area contributed by atoms with Gasteiger partial charge in [-0.3, -0.25) is 14.4 Å². The molecule has 1 aliphatic rings. The molecule has 2 aromatic carbocycles. The minimum absolute atomic E-state index is 0.0336. The molecule has 0 bridgehead atoms. The number of carbonyl (C=O) groups is 1. The molecule has 41 heavy (non-hydrogen) atoms. The summed E-state index contributed by atoms with van der Waals surface area (Å²) in [5, 5.41) is 16.0. The molecule has 1 aromatic heterocycles. The molecule has 4 rings (SSSR count). The van der Waals surface area contributed by atoms with Gasteiger partial charge < -0.3 is 29.0 Å². The average molecular weight is 567 g/mol. The summed E-state index contributed by atoms with van der Waals surface area (Å²) >= 11 is 0. The van der Waals surface area contributed by atoms with Gasteiger partial charge in [-0.25, -0.2) is 0 Å². The molecule has 0 saturated carbocycles. The standard InChI is InChI=1S/C31H42N4O6/c1-24-6-9-27(10-7-24)41-23-31(37)21-33(13-14-34(22-31)30(36)20-38-3)19-26-8-11-28(39-4)29(16-26)40-15-5-12-35-18-25(2)17-32-35/h6-11,16-18,37H,5,12-15,19-23H2,1-4H3. The number of amides is 1. The average Bonchev–Trinajstić information content (AvgIpc) is 3.29. The van der Waals surface area contributed by atoms with Crippen LogP contribution < -0.4 is 14.2 Å². The van der Waals surface area contributed by atoms with E-state index in [1.54, 1.807) is 12.0 Å². The monoisotopic (exact) mass is 566 g/mol. The number of aromatic nitrogens is 2. The zero-order chi connectivity index (χ0) is 29.2. The van der Waals surface area contributed by atoms with E-state index in [0.29, 0.717) is 50.0 Å². The number of hydrogen-bond donors (Lipinski definition) is 1. The fourth-order valence-electron chi connectivity index (χ4n) is 4.94. The summed E-state index contributed by atoms with van der Waals surface area (Å²) in [5.74, 6) is 1.85. The topological polar surface area (TPSA) is 98.5 Å². The molecular formula is C31H42N4O6. The van der Waals surface area contributed by atoms with Gasteiger partial charge >= 0.3 is 0 Å². The lowest BCUT2D eigenvalue weighted by atomic mass is 10.0. The third kappa shape index (κ3) is 8.94. The first-order valence-electron chi connectivity index (χ1n) is 14.0. The molecule has 0 aliphatic carbocycles. The summed E-state index contributed by atoms with van der Waals surface area (Å²) in [6.07, 6.45) is 4.66. The Hall–Kier alpha value is -3.60. The molecule has 3 aromatic rings. The van der Waals surface area contributed by atoms with E-state index >= 15 is 0 Å². The second-order valence-corrected chi connectivity index (χ2v) is 10.8. The van der Waals surface area contributed by atoms with Gasteiger partial charge in [0.25, 0.3) is 0 Å². The Morgan fingerprint density at radius 3 is 2.51 bits per heavy atom. The van der Waals surface area contributed by atoms with Crippen LogP contribution in [0.4, 0.5) is 0 Å². The highest BCUT2D eigenvalue weighted by molar-refractivity contribution is 5.77. The van der Waals surface area contributed by atoms with Crippen molar-refractivity contribution >= 4 is 5.91 Å². The molecule has 1 atom stereocenters. The van der Waals surface area contributed by atoms with Crippen molar-refractivity contribution in [3.05, 3.63) is 71.5 Å². The first kappa shape index (κ1) is 30.4. The number of aliphatic hydroxyl groups is 1. The molecule has 1 N–H and O–H groups in total. The van der Waals surface area contributed by atoms with E-state index in [4.69, 9.17) is 18.9 Å². The quantitative estimate of drug-likeness (QED) is 0.315. The van der Waals surface area contributed by atoms with E-state index in [0.717, 1.165) is 29.7 Å². The largest absolute Gasteiger partial charge is 0.493 e. The predicted octanol–water partition coefficient (Wildman–Crippen LogP) is 3.08. The van der Waals surface area contributed by atoms with Crippen molar-refractivity contribution in [1.82, 2.24) is 19.6 Å². The number of β-amino-alcohol motifs (C(OH)–C–C–N with tert-alkyl or cyclic N) is 1. The second kappa shape index (κ2) is 14.3. The van der Waals surface area contributed by atoms with E-state index in [-0.39, 0.29) is 25.7 Å². The highest BCUT2D eigenvalue weighted by atomic mass is 16.5. The van der Waals surface area contributed by atoms with Crippen molar-refractivity contribution in [2.45, 2.75) is 39.0 Å². The van der Waals surface area contributed by atoms with Crippen LogP contribution in [0.15, 0.2) is 54.9 Å². The van der Waals surface area contributed by atoms with Crippen molar-refractivity contribution in [2.75, 3.05) is 60.2 Å². The molecule has 1 unspecified atom stereocenters. The summed E-state index contributed by atoms with van der Waals surface area (Å²) in [6.45, 7) is 7.46. The van der Waals surface area contributed by atoms with E-state index in [1.807, 2.05) is 73.4 Å². The lowest BCUT2D eigenvalue weighted by Crippen LogP contribution is -2.52. The van der Waals surface area contributed by atoms with E-state index in [2.05, 4.69) is 10.00 Å². The molecule has 1 aliphatic heterocycles. The van der Waals surface area contributed by atoms with E-state index in [9.17, 15) is 9.90 Å². The molecule has 1 saturated heterocycles. The zero-order valence-electron chi connectivity index (χ0n) is 24.5. The summed E-state index contributed by atoms with van der Waals surface area (Å²) in [5.41, 5.74) is 2.00. The van der Waals surface area contributed by atoms with Gasteiger partial charge in [-0.2, -0.15) is 5.10 Å². The number of nitrogens with zero attached hydrogens (tertiary/aromatic N) is 4. The normalized spacial score (nSPS) is 17.7. The smallest absolute Gasteiger partial charge is 0.248 e. The van der Waals surface area contributed by atoms with Crippen LogP contribution >= 0.6 is 0 Å². The molecular weight excluding hydrogens is 524 g/mol. The van der Waals surface area contributed by atoms with Crippen molar-refractivity contribution in [3.63, 3.8) is 0 Å². The third-order valence-corrected chi connectivity index (χ3v) is 7.02. The minimum Gasteiger partial charge on any atom is -0.493 e. The molecule has 10 nitrogen and oxygen atoms in total. The van der Waals surface area contributed by atoms with E-state index in [1.165, 1.54) is 7.11 Å². The van der Waals surface area contributed by atoms with Gasteiger partial charge in [0, 0.05) is 52.5 Å². The van der Waals surface area contributed by atoms with Gasteiger partial charge in [0.2, 0.25) is 5.91 Å². The Balaban J connectivity index is 1.43. The van der Waals surface area contributed by atoms with Gasteiger partial charge in [-0.15, -0.1) is 0 Å². The highest BCUT2D eigenvalue weighted by Crippen LogP contribution is 2.29.